The molecule has 7 nitrogen and oxygen atoms in total. The van der Waals surface area contributed by atoms with Gasteiger partial charge in [0.2, 0.25) is 5.91 Å². The largest absolute Gasteiger partial charge is 0.545 e. The van der Waals surface area contributed by atoms with Gasteiger partial charge in [-0.15, -0.1) is 0 Å². The number of aromatic carboxylic acids is 1. The topological polar surface area (TPSA) is 115 Å². The molecule has 2 aromatic rings. The first-order chi connectivity index (χ1) is 11.6. The SMILES string of the molecule is CC(=O)Nc1cccc(NS(=O)(=O)c2cc(C(=O)[O-])cc(C)c2C)c1. The van der Waals surface area contributed by atoms with Crippen molar-refractivity contribution >= 4 is 33.3 Å². The van der Waals surface area contributed by atoms with Crippen molar-refractivity contribution in [2.24, 2.45) is 0 Å². The van der Waals surface area contributed by atoms with E-state index in [-0.39, 0.29) is 22.1 Å². The lowest BCUT2D eigenvalue weighted by Crippen LogP contribution is -2.24. The van der Waals surface area contributed by atoms with Crippen molar-refractivity contribution in [3.63, 3.8) is 0 Å². The van der Waals surface area contributed by atoms with Gasteiger partial charge in [0.1, 0.15) is 0 Å². The molecule has 0 heterocycles. The van der Waals surface area contributed by atoms with E-state index in [0.29, 0.717) is 16.8 Å². The van der Waals surface area contributed by atoms with Crippen LogP contribution in [0.15, 0.2) is 41.3 Å². The lowest BCUT2D eigenvalue weighted by Gasteiger charge is -2.15. The number of sulfonamides is 1. The predicted molar refractivity (Wildman–Crippen MR) is 91.8 cm³/mol. The molecular weight excluding hydrogens is 344 g/mol. The van der Waals surface area contributed by atoms with Gasteiger partial charge >= 0.3 is 0 Å². The second-order valence-electron chi connectivity index (χ2n) is 5.57. The third-order valence-electron chi connectivity index (χ3n) is 3.58. The summed E-state index contributed by atoms with van der Waals surface area (Å²) in [5, 5.41) is 13.6. The van der Waals surface area contributed by atoms with Gasteiger partial charge in [0, 0.05) is 12.6 Å². The molecule has 0 fully saturated rings. The Balaban J connectivity index is 2.43. The van der Waals surface area contributed by atoms with Crippen molar-refractivity contribution in [2.75, 3.05) is 10.0 Å². The number of benzene rings is 2. The fraction of sp³-hybridized carbons (Fsp3) is 0.176. The number of nitrogens with one attached hydrogen (secondary N) is 2. The molecule has 2 N–H and O–H groups in total. The van der Waals surface area contributed by atoms with Crippen LogP contribution in [0.25, 0.3) is 0 Å². The number of hydrogen-bond donors (Lipinski definition) is 2. The molecule has 0 bridgehead atoms. The maximum atomic E-state index is 12.7. The summed E-state index contributed by atoms with van der Waals surface area (Å²) in [5.74, 6) is -1.74. The van der Waals surface area contributed by atoms with Crippen LogP contribution in [0.4, 0.5) is 11.4 Å². The summed E-state index contributed by atoms with van der Waals surface area (Å²) >= 11 is 0. The van der Waals surface area contributed by atoms with Crippen LogP contribution in [0.2, 0.25) is 0 Å². The smallest absolute Gasteiger partial charge is 0.262 e. The lowest BCUT2D eigenvalue weighted by molar-refractivity contribution is -0.255. The van der Waals surface area contributed by atoms with Crippen molar-refractivity contribution < 1.29 is 23.1 Å². The Morgan fingerprint density at radius 3 is 2.28 bits per heavy atom. The number of carboxylic acid groups (broad SMARTS) is 1. The first-order valence-electron chi connectivity index (χ1n) is 7.33. The minimum Gasteiger partial charge on any atom is -0.545 e. The lowest BCUT2D eigenvalue weighted by atomic mass is 10.1. The van der Waals surface area contributed by atoms with Crippen LogP contribution in [0, 0.1) is 13.8 Å². The van der Waals surface area contributed by atoms with Crippen molar-refractivity contribution in [3.8, 4) is 0 Å². The Kier molecular flexibility index (Phi) is 5.13. The zero-order valence-electron chi connectivity index (χ0n) is 13.9. The highest BCUT2D eigenvalue weighted by molar-refractivity contribution is 7.92. The van der Waals surface area contributed by atoms with Crippen molar-refractivity contribution in [1.82, 2.24) is 0 Å². The van der Waals surface area contributed by atoms with Gasteiger partial charge in [0.15, 0.2) is 0 Å². The number of carbonyl (C=O) groups excluding carboxylic acids is 2. The number of aryl methyl sites for hydroxylation is 1. The van der Waals surface area contributed by atoms with Gasteiger partial charge in [0.05, 0.1) is 16.6 Å². The average molecular weight is 361 g/mol. The van der Waals surface area contributed by atoms with Crippen molar-refractivity contribution in [2.45, 2.75) is 25.7 Å². The minimum absolute atomic E-state index is 0.142. The Hall–Kier alpha value is -2.87. The van der Waals surface area contributed by atoms with E-state index in [1.807, 2.05) is 0 Å². The van der Waals surface area contributed by atoms with Gasteiger partial charge in [0.25, 0.3) is 10.0 Å². The van der Waals surface area contributed by atoms with Gasteiger partial charge in [-0.05, 0) is 60.9 Å². The van der Waals surface area contributed by atoms with E-state index >= 15 is 0 Å². The molecule has 0 aromatic heterocycles. The third-order valence-corrected chi connectivity index (χ3v) is 5.09. The summed E-state index contributed by atoms with van der Waals surface area (Å²) in [5.41, 5.74) is 1.42. The fourth-order valence-electron chi connectivity index (χ4n) is 2.30. The number of rotatable bonds is 5. The van der Waals surface area contributed by atoms with E-state index in [1.165, 1.54) is 25.1 Å². The molecule has 0 atom stereocenters. The van der Waals surface area contributed by atoms with E-state index in [0.717, 1.165) is 6.07 Å². The molecule has 0 aliphatic rings. The summed E-state index contributed by atoms with van der Waals surface area (Å²) in [6.45, 7) is 4.56. The van der Waals surface area contributed by atoms with Crippen molar-refractivity contribution in [1.29, 1.82) is 0 Å². The quantitative estimate of drug-likeness (QED) is 0.836. The molecule has 132 valence electrons. The zero-order valence-corrected chi connectivity index (χ0v) is 14.7. The molecule has 8 heteroatoms. The molecule has 0 saturated carbocycles. The van der Waals surface area contributed by atoms with Crippen LogP contribution < -0.4 is 15.1 Å². The third kappa shape index (κ3) is 4.36. The van der Waals surface area contributed by atoms with E-state index in [1.54, 1.807) is 26.0 Å². The highest BCUT2D eigenvalue weighted by Gasteiger charge is 2.19. The Labute approximate surface area is 145 Å². The minimum atomic E-state index is -4.02. The summed E-state index contributed by atoms with van der Waals surface area (Å²) in [6.07, 6.45) is 0. The summed E-state index contributed by atoms with van der Waals surface area (Å²) in [4.78, 5) is 22.0. The number of anilines is 2. The van der Waals surface area contributed by atoms with Crippen LogP contribution in [-0.2, 0) is 14.8 Å². The van der Waals surface area contributed by atoms with Crippen LogP contribution in [-0.4, -0.2) is 20.3 Å². The predicted octanol–water partition coefficient (Wildman–Crippen LogP) is 1.43. The standard InChI is InChI=1S/C17H18N2O5S/c1-10-7-13(17(21)22)8-16(11(10)2)25(23,24)19-15-6-4-5-14(9-15)18-12(3)20/h4-9,19H,1-3H3,(H,18,20)(H,21,22)/p-1. The first kappa shape index (κ1) is 18.5. The molecule has 0 aliphatic carbocycles. The summed E-state index contributed by atoms with van der Waals surface area (Å²) < 4.78 is 27.7. The molecule has 0 radical (unpaired) electrons. The van der Waals surface area contributed by atoms with Crippen LogP contribution in [0.3, 0.4) is 0 Å². The van der Waals surface area contributed by atoms with Gasteiger partial charge in [-0.25, -0.2) is 8.42 Å². The van der Waals surface area contributed by atoms with Gasteiger partial charge in [-0.1, -0.05) is 6.07 Å². The second kappa shape index (κ2) is 6.94. The molecule has 1 amide bonds. The summed E-state index contributed by atoms with van der Waals surface area (Å²) in [6, 6.07) is 8.61. The first-order valence-corrected chi connectivity index (χ1v) is 8.81. The molecule has 25 heavy (non-hydrogen) atoms. The van der Waals surface area contributed by atoms with E-state index in [9.17, 15) is 23.1 Å². The highest BCUT2D eigenvalue weighted by atomic mass is 32.2. The Morgan fingerprint density at radius 1 is 1.04 bits per heavy atom. The number of carbonyl (C=O) groups is 2. The van der Waals surface area contributed by atoms with Crippen molar-refractivity contribution in [3.05, 3.63) is 53.1 Å². The zero-order chi connectivity index (χ0) is 18.8. The number of hydrogen-bond acceptors (Lipinski definition) is 5. The molecule has 0 spiro atoms. The Morgan fingerprint density at radius 2 is 1.68 bits per heavy atom. The van der Waals surface area contributed by atoms with Crippen LogP contribution in [0.1, 0.15) is 28.4 Å². The monoisotopic (exact) mass is 361 g/mol. The van der Waals surface area contributed by atoms with E-state index in [2.05, 4.69) is 10.0 Å². The number of carboxylic acids is 1. The molecule has 0 aliphatic heterocycles. The average Bonchev–Trinajstić information content (AvgIpc) is 2.48. The van der Waals surface area contributed by atoms with E-state index in [4.69, 9.17) is 0 Å². The maximum absolute atomic E-state index is 12.7. The summed E-state index contributed by atoms with van der Waals surface area (Å²) in [7, 11) is -4.02. The van der Waals surface area contributed by atoms with Gasteiger partial charge in [-0.3, -0.25) is 9.52 Å². The Bertz CT molecular complexity index is 952. The molecular formula is C17H17N2O5S-. The van der Waals surface area contributed by atoms with E-state index < -0.39 is 16.0 Å². The van der Waals surface area contributed by atoms with Crippen LogP contribution >= 0.6 is 0 Å². The maximum Gasteiger partial charge on any atom is 0.262 e. The molecule has 2 rings (SSSR count). The van der Waals surface area contributed by atoms with Gasteiger partial charge < -0.3 is 15.2 Å². The normalized spacial score (nSPS) is 11.0. The fourth-order valence-corrected chi connectivity index (χ4v) is 3.69. The second-order valence-corrected chi connectivity index (χ2v) is 7.22. The number of amides is 1. The molecule has 2 aromatic carbocycles. The van der Waals surface area contributed by atoms with Gasteiger partial charge in [-0.2, -0.15) is 0 Å². The molecule has 0 saturated heterocycles. The van der Waals surface area contributed by atoms with Crippen LogP contribution in [0.5, 0.6) is 0 Å². The molecule has 0 unspecified atom stereocenters. The highest BCUT2D eigenvalue weighted by Crippen LogP contribution is 2.24.